The van der Waals surface area contributed by atoms with Gasteiger partial charge in [-0.1, -0.05) is 12.1 Å². The van der Waals surface area contributed by atoms with Crippen molar-refractivity contribution in [3.63, 3.8) is 0 Å². The van der Waals surface area contributed by atoms with Gasteiger partial charge >= 0.3 is 6.09 Å². The summed E-state index contributed by atoms with van der Waals surface area (Å²) in [5.41, 5.74) is -0.761. The summed E-state index contributed by atoms with van der Waals surface area (Å²) in [5, 5.41) is 3.85. The highest BCUT2D eigenvalue weighted by atomic mass is 16.6. The summed E-state index contributed by atoms with van der Waals surface area (Å²) in [6.07, 6.45) is 1.98. The van der Waals surface area contributed by atoms with Crippen LogP contribution in [0.2, 0.25) is 0 Å². The van der Waals surface area contributed by atoms with E-state index in [1.807, 2.05) is 27.7 Å². The number of amides is 1. The molecule has 1 aromatic heterocycles. The average molecular weight is 325 g/mol. The van der Waals surface area contributed by atoms with Gasteiger partial charge < -0.3 is 18.9 Å². The number of nitrogens with zero attached hydrogens (tertiary/aromatic N) is 3. The molecule has 0 aromatic carbocycles. The summed E-state index contributed by atoms with van der Waals surface area (Å²) in [4.78, 5) is 18.0. The Bertz CT molecular complexity index is 528. The van der Waals surface area contributed by atoms with Crippen molar-refractivity contribution in [2.45, 2.75) is 71.7 Å². The zero-order valence-electron chi connectivity index (χ0n) is 14.7. The Balaban J connectivity index is 1.81. The van der Waals surface area contributed by atoms with Gasteiger partial charge in [-0.3, -0.25) is 0 Å². The lowest BCUT2D eigenvalue weighted by atomic mass is 9.93. The molecule has 0 saturated carbocycles. The molecule has 0 unspecified atom stereocenters. The fourth-order valence-corrected chi connectivity index (χ4v) is 2.36. The van der Waals surface area contributed by atoms with Crippen LogP contribution in [0.25, 0.3) is 0 Å². The molecule has 1 saturated heterocycles. The quantitative estimate of drug-likeness (QED) is 0.847. The highest BCUT2D eigenvalue weighted by Gasteiger charge is 2.34. The van der Waals surface area contributed by atoms with Crippen molar-refractivity contribution in [2.24, 2.45) is 0 Å². The van der Waals surface area contributed by atoms with Crippen LogP contribution in [0.15, 0.2) is 4.52 Å². The number of aromatic nitrogens is 2. The fourth-order valence-electron chi connectivity index (χ4n) is 2.36. The van der Waals surface area contributed by atoms with Crippen molar-refractivity contribution in [3.8, 4) is 0 Å². The average Bonchev–Trinajstić information content (AvgIpc) is 2.92. The minimum atomic E-state index is -0.469. The summed E-state index contributed by atoms with van der Waals surface area (Å²) in [6, 6.07) is 0. The molecular formula is C16H27N3O4. The number of aryl methyl sites for hydroxylation is 1. The van der Waals surface area contributed by atoms with Crippen molar-refractivity contribution < 1.29 is 18.8 Å². The van der Waals surface area contributed by atoms with Crippen LogP contribution < -0.4 is 0 Å². The first-order valence-electron chi connectivity index (χ1n) is 8.14. The standard InChI is InChI=1S/C16H27N3O4/c1-6-12-17-13(23-18-12)11-21-16(5)7-9-19(10-8-16)14(20)22-15(2,3)4/h6-11H2,1-5H3. The molecule has 1 amide bonds. The lowest BCUT2D eigenvalue weighted by Gasteiger charge is -2.39. The lowest BCUT2D eigenvalue weighted by molar-refractivity contribution is -0.0876. The molecule has 1 aliphatic rings. The normalized spacial score (nSPS) is 18.0. The van der Waals surface area contributed by atoms with Crippen molar-refractivity contribution in [1.82, 2.24) is 15.0 Å². The third-order valence-electron chi connectivity index (χ3n) is 3.84. The fraction of sp³-hybridized carbons (Fsp3) is 0.812. The monoisotopic (exact) mass is 325 g/mol. The van der Waals surface area contributed by atoms with Gasteiger partial charge in [0.2, 0.25) is 0 Å². The lowest BCUT2D eigenvalue weighted by Crippen LogP contribution is -2.47. The van der Waals surface area contributed by atoms with Gasteiger partial charge in [0.15, 0.2) is 5.82 Å². The van der Waals surface area contributed by atoms with E-state index in [4.69, 9.17) is 14.0 Å². The Morgan fingerprint density at radius 2 is 2.00 bits per heavy atom. The van der Waals surface area contributed by atoms with Crippen LogP contribution in [0.3, 0.4) is 0 Å². The third-order valence-corrected chi connectivity index (χ3v) is 3.84. The second-order valence-electron chi connectivity index (χ2n) is 7.16. The largest absolute Gasteiger partial charge is 0.444 e. The molecule has 7 nitrogen and oxygen atoms in total. The van der Waals surface area contributed by atoms with Crippen LogP contribution >= 0.6 is 0 Å². The molecule has 0 spiro atoms. The topological polar surface area (TPSA) is 77.7 Å². The smallest absolute Gasteiger partial charge is 0.410 e. The van der Waals surface area contributed by atoms with E-state index in [-0.39, 0.29) is 11.7 Å². The summed E-state index contributed by atoms with van der Waals surface area (Å²) in [6.45, 7) is 11.2. The molecule has 0 bridgehead atoms. The van der Waals surface area contributed by atoms with E-state index in [1.54, 1.807) is 4.90 Å². The summed E-state index contributed by atoms with van der Waals surface area (Å²) in [7, 11) is 0. The number of hydrogen-bond donors (Lipinski definition) is 0. The Morgan fingerprint density at radius 1 is 1.35 bits per heavy atom. The SMILES string of the molecule is CCc1noc(COC2(C)CCN(C(=O)OC(C)(C)C)CC2)n1. The van der Waals surface area contributed by atoms with Crippen LogP contribution in [-0.4, -0.2) is 45.4 Å². The van der Waals surface area contributed by atoms with Gasteiger partial charge in [0.25, 0.3) is 5.89 Å². The Hall–Kier alpha value is -1.63. The maximum Gasteiger partial charge on any atom is 0.410 e. The molecule has 0 N–H and O–H groups in total. The molecule has 0 atom stereocenters. The van der Waals surface area contributed by atoms with E-state index in [1.165, 1.54) is 0 Å². The number of carbonyl (C=O) groups excluding carboxylic acids is 1. The minimum absolute atomic E-state index is 0.260. The van der Waals surface area contributed by atoms with Gasteiger partial charge in [-0.15, -0.1) is 0 Å². The molecule has 7 heteroatoms. The number of piperidine rings is 1. The first kappa shape index (κ1) is 17.7. The number of hydrogen-bond acceptors (Lipinski definition) is 6. The molecule has 130 valence electrons. The Kier molecular flexibility index (Phi) is 5.29. The number of likely N-dealkylation sites (tertiary alicyclic amines) is 1. The van der Waals surface area contributed by atoms with E-state index >= 15 is 0 Å². The van der Waals surface area contributed by atoms with Gasteiger partial charge in [-0.25, -0.2) is 4.79 Å². The molecule has 2 rings (SSSR count). The van der Waals surface area contributed by atoms with E-state index in [0.29, 0.717) is 31.4 Å². The zero-order valence-corrected chi connectivity index (χ0v) is 14.7. The van der Waals surface area contributed by atoms with Crippen molar-refractivity contribution in [1.29, 1.82) is 0 Å². The van der Waals surface area contributed by atoms with Crippen molar-refractivity contribution >= 4 is 6.09 Å². The number of ether oxygens (including phenoxy) is 2. The van der Waals surface area contributed by atoms with Crippen LogP contribution in [-0.2, 0) is 22.5 Å². The molecule has 1 aromatic rings. The highest BCUT2D eigenvalue weighted by molar-refractivity contribution is 5.68. The molecule has 1 fully saturated rings. The van der Waals surface area contributed by atoms with Crippen LogP contribution in [0.5, 0.6) is 0 Å². The maximum atomic E-state index is 12.1. The van der Waals surface area contributed by atoms with Crippen LogP contribution in [0.4, 0.5) is 4.79 Å². The Morgan fingerprint density at radius 3 is 2.52 bits per heavy atom. The minimum Gasteiger partial charge on any atom is -0.444 e. The first-order chi connectivity index (χ1) is 10.7. The van der Waals surface area contributed by atoms with E-state index in [9.17, 15) is 4.79 Å². The second-order valence-corrected chi connectivity index (χ2v) is 7.16. The third kappa shape index (κ3) is 5.20. The van der Waals surface area contributed by atoms with E-state index in [0.717, 1.165) is 19.3 Å². The summed E-state index contributed by atoms with van der Waals surface area (Å²) in [5.74, 6) is 1.19. The van der Waals surface area contributed by atoms with Crippen molar-refractivity contribution in [2.75, 3.05) is 13.1 Å². The first-order valence-corrected chi connectivity index (χ1v) is 8.14. The van der Waals surface area contributed by atoms with Gasteiger partial charge in [0, 0.05) is 19.5 Å². The molecule has 2 heterocycles. The van der Waals surface area contributed by atoms with Crippen LogP contribution in [0.1, 0.15) is 59.2 Å². The summed E-state index contributed by atoms with van der Waals surface area (Å²) < 4.78 is 16.5. The van der Waals surface area contributed by atoms with E-state index in [2.05, 4.69) is 17.1 Å². The maximum absolute atomic E-state index is 12.1. The molecule has 23 heavy (non-hydrogen) atoms. The number of carbonyl (C=O) groups is 1. The molecule has 1 aliphatic heterocycles. The van der Waals surface area contributed by atoms with Gasteiger partial charge in [0.05, 0.1) is 5.60 Å². The van der Waals surface area contributed by atoms with Gasteiger partial charge in [-0.05, 0) is 40.5 Å². The van der Waals surface area contributed by atoms with Gasteiger partial charge in [0.1, 0.15) is 12.2 Å². The van der Waals surface area contributed by atoms with E-state index < -0.39 is 5.60 Å². The number of rotatable bonds is 4. The highest BCUT2D eigenvalue weighted by Crippen LogP contribution is 2.27. The predicted octanol–water partition coefficient (Wildman–Crippen LogP) is 2.94. The van der Waals surface area contributed by atoms with Crippen LogP contribution in [0, 0.1) is 0 Å². The molecule has 0 aliphatic carbocycles. The predicted molar refractivity (Wildman–Crippen MR) is 83.9 cm³/mol. The van der Waals surface area contributed by atoms with Gasteiger partial charge in [-0.2, -0.15) is 4.98 Å². The second kappa shape index (κ2) is 6.86. The summed E-state index contributed by atoms with van der Waals surface area (Å²) >= 11 is 0. The van der Waals surface area contributed by atoms with Crippen molar-refractivity contribution in [3.05, 3.63) is 11.7 Å². The molecule has 0 radical (unpaired) electrons. The Labute approximate surface area is 137 Å². The zero-order chi connectivity index (χ0) is 17.1. The molecular weight excluding hydrogens is 298 g/mol.